The molecule has 1 aliphatic heterocycles. The van der Waals surface area contributed by atoms with Gasteiger partial charge in [0.15, 0.2) is 0 Å². The fourth-order valence-electron chi connectivity index (χ4n) is 4.20. The number of rotatable bonds is 3. The maximum atomic E-state index is 4.64. The average molecular weight is 380 g/mol. The van der Waals surface area contributed by atoms with Crippen molar-refractivity contribution in [2.45, 2.75) is 12.8 Å². The first-order chi connectivity index (χ1) is 14.4. The number of hydrogen-bond donors (Lipinski definition) is 3. The zero-order valence-corrected chi connectivity index (χ0v) is 15.9. The normalized spacial score (nSPS) is 16.6. The first-order valence-corrected chi connectivity index (χ1v) is 9.96. The van der Waals surface area contributed by atoms with E-state index in [1.165, 1.54) is 11.1 Å². The molecule has 0 amide bonds. The summed E-state index contributed by atoms with van der Waals surface area (Å²) in [5.41, 5.74) is 8.42. The number of aromatic nitrogens is 5. The van der Waals surface area contributed by atoms with Gasteiger partial charge in [0.1, 0.15) is 5.69 Å². The second kappa shape index (κ2) is 6.53. The second-order valence-electron chi connectivity index (χ2n) is 7.47. The third-order valence-electron chi connectivity index (χ3n) is 5.69. The molecule has 4 aromatic heterocycles. The SMILES string of the molecule is C1=CC(c2nccc3[nH]c(-c4n[nH]c5cnc(C6=CCNCC6)cc45)cc23)=CC1. The van der Waals surface area contributed by atoms with Gasteiger partial charge in [-0.05, 0) is 48.7 Å². The molecule has 29 heavy (non-hydrogen) atoms. The van der Waals surface area contributed by atoms with Crippen molar-refractivity contribution in [3.8, 4) is 11.4 Å². The minimum Gasteiger partial charge on any atom is -0.353 e. The van der Waals surface area contributed by atoms with Gasteiger partial charge in [0, 0.05) is 29.0 Å². The van der Waals surface area contributed by atoms with Gasteiger partial charge in [-0.2, -0.15) is 5.10 Å². The summed E-state index contributed by atoms with van der Waals surface area (Å²) in [4.78, 5) is 12.8. The molecule has 0 saturated carbocycles. The summed E-state index contributed by atoms with van der Waals surface area (Å²) in [7, 11) is 0. The molecule has 6 nitrogen and oxygen atoms in total. The van der Waals surface area contributed by atoms with Crippen molar-refractivity contribution in [3.63, 3.8) is 0 Å². The van der Waals surface area contributed by atoms with Crippen LogP contribution in [0, 0.1) is 0 Å². The first-order valence-electron chi connectivity index (χ1n) is 9.96. The summed E-state index contributed by atoms with van der Waals surface area (Å²) in [6.45, 7) is 1.89. The van der Waals surface area contributed by atoms with Crippen LogP contribution in [0.15, 0.2) is 54.9 Å². The summed E-state index contributed by atoms with van der Waals surface area (Å²) in [5.74, 6) is 0. The van der Waals surface area contributed by atoms with Gasteiger partial charge in [-0.3, -0.25) is 15.1 Å². The Morgan fingerprint density at radius 3 is 2.79 bits per heavy atom. The van der Waals surface area contributed by atoms with Crippen LogP contribution < -0.4 is 5.32 Å². The van der Waals surface area contributed by atoms with Gasteiger partial charge in [-0.25, -0.2) is 0 Å². The highest BCUT2D eigenvalue weighted by Crippen LogP contribution is 2.33. The standard InChI is InChI=1S/C23H20N6/c1-2-4-15(3-1)22-16-12-20(27-18(16)7-10-25-22)23-17-11-19(14-5-8-24-9-6-14)26-13-21(17)28-29-23/h1,3-5,7,10-13,24,27H,2,6,8-9H2,(H,28,29). The van der Waals surface area contributed by atoms with Gasteiger partial charge >= 0.3 is 0 Å². The number of allylic oxidation sites excluding steroid dienone is 4. The fourth-order valence-corrected chi connectivity index (χ4v) is 4.20. The van der Waals surface area contributed by atoms with Crippen molar-refractivity contribution in [1.82, 2.24) is 30.5 Å². The number of pyridine rings is 2. The van der Waals surface area contributed by atoms with Crippen LogP contribution in [-0.2, 0) is 0 Å². The summed E-state index contributed by atoms with van der Waals surface area (Å²) >= 11 is 0. The van der Waals surface area contributed by atoms with Crippen LogP contribution in [0.4, 0.5) is 0 Å². The average Bonchev–Trinajstić information content (AvgIpc) is 3.52. The van der Waals surface area contributed by atoms with E-state index in [0.717, 1.165) is 70.5 Å². The molecule has 4 aromatic rings. The van der Waals surface area contributed by atoms with Crippen molar-refractivity contribution in [3.05, 3.63) is 66.3 Å². The molecule has 0 atom stereocenters. The molecule has 1 aliphatic carbocycles. The largest absolute Gasteiger partial charge is 0.353 e. The lowest BCUT2D eigenvalue weighted by atomic mass is 10.0. The third-order valence-corrected chi connectivity index (χ3v) is 5.69. The number of hydrogen-bond acceptors (Lipinski definition) is 4. The van der Waals surface area contributed by atoms with E-state index in [-0.39, 0.29) is 0 Å². The number of H-pyrrole nitrogens is 2. The summed E-state index contributed by atoms with van der Waals surface area (Å²) in [6.07, 6.45) is 14.4. The quantitative estimate of drug-likeness (QED) is 0.497. The predicted octanol–water partition coefficient (Wildman–Crippen LogP) is 4.22. The van der Waals surface area contributed by atoms with Crippen LogP contribution in [0.2, 0.25) is 0 Å². The van der Waals surface area contributed by atoms with E-state index < -0.39 is 0 Å². The molecule has 3 N–H and O–H groups in total. The van der Waals surface area contributed by atoms with E-state index in [0.29, 0.717) is 0 Å². The monoisotopic (exact) mass is 380 g/mol. The Hall–Kier alpha value is -3.51. The molecule has 6 rings (SSSR count). The minimum absolute atomic E-state index is 0.898. The first kappa shape index (κ1) is 16.4. The maximum absolute atomic E-state index is 4.64. The van der Waals surface area contributed by atoms with Gasteiger partial charge in [-0.1, -0.05) is 24.3 Å². The van der Waals surface area contributed by atoms with E-state index in [1.807, 2.05) is 18.5 Å². The Balaban J connectivity index is 1.49. The van der Waals surface area contributed by atoms with E-state index in [4.69, 9.17) is 0 Å². The van der Waals surface area contributed by atoms with Crippen molar-refractivity contribution < 1.29 is 0 Å². The van der Waals surface area contributed by atoms with Crippen LogP contribution in [0.1, 0.15) is 24.2 Å². The Morgan fingerprint density at radius 2 is 1.93 bits per heavy atom. The maximum Gasteiger partial charge on any atom is 0.116 e. The van der Waals surface area contributed by atoms with Gasteiger partial charge in [0.05, 0.1) is 28.8 Å². The topological polar surface area (TPSA) is 82.3 Å². The molecule has 0 unspecified atom stereocenters. The summed E-state index contributed by atoms with van der Waals surface area (Å²) in [6, 6.07) is 6.33. The van der Waals surface area contributed by atoms with Crippen molar-refractivity contribution in [1.29, 1.82) is 0 Å². The molecule has 0 saturated heterocycles. The van der Waals surface area contributed by atoms with E-state index >= 15 is 0 Å². The van der Waals surface area contributed by atoms with Gasteiger partial charge in [0.2, 0.25) is 0 Å². The number of fused-ring (bicyclic) bond motifs is 2. The molecule has 6 heteroatoms. The molecule has 0 radical (unpaired) electrons. The minimum atomic E-state index is 0.898. The van der Waals surface area contributed by atoms with Crippen LogP contribution in [0.25, 0.3) is 44.3 Å². The highest BCUT2D eigenvalue weighted by Gasteiger charge is 2.16. The van der Waals surface area contributed by atoms with Crippen LogP contribution in [0.3, 0.4) is 0 Å². The summed E-state index contributed by atoms with van der Waals surface area (Å²) in [5, 5.41) is 13.3. The molecule has 2 aliphatic rings. The molecule has 0 aromatic carbocycles. The molecular weight excluding hydrogens is 360 g/mol. The zero-order chi connectivity index (χ0) is 19.2. The van der Waals surface area contributed by atoms with Crippen LogP contribution in [-0.4, -0.2) is 38.2 Å². The Kier molecular flexibility index (Phi) is 3.70. The van der Waals surface area contributed by atoms with E-state index in [9.17, 15) is 0 Å². The molecule has 0 bridgehead atoms. The lowest BCUT2D eigenvalue weighted by Crippen LogP contribution is -2.20. The second-order valence-corrected chi connectivity index (χ2v) is 7.47. The molecular formula is C23H20N6. The lowest BCUT2D eigenvalue weighted by molar-refractivity contribution is 0.737. The smallest absolute Gasteiger partial charge is 0.116 e. The number of aromatic amines is 2. The molecule has 5 heterocycles. The number of nitrogens with one attached hydrogen (secondary N) is 3. The van der Waals surface area contributed by atoms with Gasteiger partial charge in [-0.15, -0.1) is 0 Å². The van der Waals surface area contributed by atoms with Gasteiger partial charge < -0.3 is 10.3 Å². The third kappa shape index (κ3) is 2.72. The predicted molar refractivity (Wildman–Crippen MR) is 116 cm³/mol. The van der Waals surface area contributed by atoms with Crippen molar-refractivity contribution in [2.75, 3.05) is 13.1 Å². The molecule has 142 valence electrons. The highest BCUT2D eigenvalue weighted by atomic mass is 15.1. The Bertz CT molecular complexity index is 1330. The molecule has 0 spiro atoms. The number of nitrogens with zero attached hydrogens (tertiary/aromatic N) is 3. The van der Waals surface area contributed by atoms with Crippen molar-refractivity contribution >= 4 is 33.0 Å². The lowest BCUT2D eigenvalue weighted by Gasteiger charge is -2.13. The Morgan fingerprint density at radius 1 is 0.966 bits per heavy atom. The Labute approximate surface area is 167 Å². The van der Waals surface area contributed by atoms with E-state index in [1.54, 1.807) is 0 Å². The van der Waals surface area contributed by atoms with Gasteiger partial charge in [0.25, 0.3) is 0 Å². The summed E-state index contributed by atoms with van der Waals surface area (Å²) < 4.78 is 0. The fraction of sp³-hybridized carbons (Fsp3) is 0.174. The van der Waals surface area contributed by atoms with Crippen LogP contribution in [0.5, 0.6) is 0 Å². The molecule has 0 fully saturated rings. The van der Waals surface area contributed by atoms with Crippen molar-refractivity contribution in [2.24, 2.45) is 0 Å². The van der Waals surface area contributed by atoms with E-state index in [2.05, 4.69) is 66.9 Å². The highest BCUT2D eigenvalue weighted by molar-refractivity contribution is 6.00. The zero-order valence-electron chi connectivity index (χ0n) is 15.9. The van der Waals surface area contributed by atoms with Crippen LogP contribution >= 0.6 is 0 Å².